The lowest BCUT2D eigenvalue weighted by Gasteiger charge is -2.15. The van der Waals surface area contributed by atoms with Gasteiger partial charge in [-0.1, -0.05) is 41.9 Å². The number of anilines is 3. The Morgan fingerprint density at radius 3 is 2.21 bits per heavy atom. The van der Waals surface area contributed by atoms with E-state index in [0.29, 0.717) is 22.9 Å². The first-order chi connectivity index (χ1) is 11.6. The summed E-state index contributed by atoms with van der Waals surface area (Å²) in [5.74, 6) is 0. The minimum absolute atomic E-state index is 0.321. The van der Waals surface area contributed by atoms with Gasteiger partial charge in [0.15, 0.2) is 0 Å². The summed E-state index contributed by atoms with van der Waals surface area (Å²) in [6, 6.07) is 17.1. The summed E-state index contributed by atoms with van der Waals surface area (Å²) < 4.78 is 0. The van der Waals surface area contributed by atoms with Crippen molar-refractivity contribution < 1.29 is 0 Å². The van der Waals surface area contributed by atoms with Gasteiger partial charge in [-0.2, -0.15) is 0 Å². The number of halogens is 1. The molecule has 0 spiro atoms. The average molecular weight is 341 g/mol. The quantitative estimate of drug-likeness (QED) is 0.508. The molecule has 0 amide bonds. The van der Waals surface area contributed by atoms with Gasteiger partial charge in [0.25, 0.3) is 10.9 Å². The second-order valence-corrected chi connectivity index (χ2v) is 5.99. The molecule has 0 aliphatic heterocycles. The van der Waals surface area contributed by atoms with E-state index < -0.39 is 10.9 Å². The van der Waals surface area contributed by atoms with Gasteiger partial charge in [0.1, 0.15) is 11.4 Å². The fraction of sp³-hybridized carbons (Fsp3) is 0.158. The summed E-state index contributed by atoms with van der Waals surface area (Å²) in [5.41, 5.74) is 1.70. The van der Waals surface area contributed by atoms with Gasteiger partial charge in [-0.25, -0.2) is 0 Å². The maximum Gasteiger partial charge on any atom is 0.253 e. The predicted molar refractivity (Wildman–Crippen MR) is 99.3 cm³/mol. The molecule has 3 aromatic rings. The van der Waals surface area contributed by atoms with Gasteiger partial charge in [-0.05, 0) is 42.7 Å². The predicted octanol–water partition coefficient (Wildman–Crippen LogP) is 3.72. The van der Waals surface area contributed by atoms with Gasteiger partial charge < -0.3 is 10.6 Å². The fourth-order valence-corrected chi connectivity index (χ4v) is 2.63. The molecular weight excluding hydrogens is 324 g/mol. The fourth-order valence-electron chi connectivity index (χ4n) is 2.51. The Morgan fingerprint density at radius 2 is 1.50 bits per heavy atom. The van der Waals surface area contributed by atoms with E-state index in [1.54, 1.807) is 24.3 Å². The Kier molecular flexibility index (Phi) is 4.96. The van der Waals surface area contributed by atoms with Crippen LogP contribution in [0.5, 0.6) is 0 Å². The molecule has 5 heteroatoms. The second-order valence-electron chi connectivity index (χ2n) is 5.56. The first-order valence-corrected chi connectivity index (χ1v) is 8.16. The van der Waals surface area contributed by atoms with Gasteiger partial charge in [0.2, 0.25) is 0 Å². The highest BCUT2D eigenvalue weighted by atomic mass is 35.5. The van der Waals surface area contributed by atoms with Crippen LogP contribution in [0.2, 0.25) is 5.02 Å². The molecule has 24 heavy (non-hydrogen) atoms. The van der Waals surface area contributed by atoms with Crippen molar-refractivity contribution in [2.45, 2.75) is 12.8 Å². The summed E-state index contributed by atoms with van der Waals surface area (Å²) in [6.45, 7) is 0.634. The molecule has 0 aromatic heterocycles. The van der Waals surface area contributed by atoms with E-state index in [1.165, 1.54) is 5.56 Å². The largest absolute Gasteiger partial charge is 0.380 e. The molecule has 0 bridgehead atoms. The number of hydrogen-bond acceptors (Lipinski definition) is 4. The lowest BCUT2D eigenvalue weighted by Crippen LogP contribution is -2.36. The van der Waals surface area contributed by atoms with Crippen LogP contribution in [-0.2, 0) is 6.42 Å². The topological polar surface area (TPSA) is 58.2 Å². The second kappa shape index (κ2) is 7.32. The Morgan fingerprint density at radius 1 is 0.833 bits per heavy atom. The molecule has 0 atom stereocenters. The van der Waals surface area contributed by atoms with E-state index >= 15 is 0 Å². The molecule has 0 fully saturated rings. The van der Waals surface area contributed by atoms with E-state index in [-0.39, 0.29) is 0 Å². The summed E-state index contributed by atoms with van der Waals surface area (Å²) in [7, 11) is 0. The Hall–Kier alpha value is -2.59. The highest BCUT2D eigenvalue weighted by molar-refractivity contribution is 6.30. The standard InChI is InChI=1S/C19H17ClN2O2/c20-14-8-10-15(11-9-14)22-17-16(18(23)19(17)24)21-12-4-7-13-5-2-1-3-6-13/h1-3,5-6,8-11,21-22H,4,7,12H2. The molecule has 2 N–H and O–H groups in total. The third kappa shape index (κ3) is 3.66. The molecule has 0 aliphatic carbocycles. The normalized spacial score (nSPS) is 10.7. The van der Waals surface area contributed by atoms with Crippen molar-refractivity contribution in [2.24, 2.45) is 0 Å². The monoisotopic (exact) mass is 340 g/mol. The molecule has 122 valence electrons. The molecule has 3 rings (SSSR count). The van der Waals surface area contributed by atoms with Crippen LogP contribution in [0.4, 0.5) is 17.1 Å². The third-order valence-corrected chi connectivity index (χ3v) is 4.06. The van der Waals surface area contributed by atoms with Gasteiger partial charge >= 0.3 is 0 Å². The van der Waals surface area contributed by atoms with Crippen molar-refractivity contribution in [3.05, 3.63) is 85.6 Å². The molecule has 0 radical (unpaired) electrons. The SMILES string of the molecule is O=c1c(NCCCc2ccccc2)c(Nc2ccc(Cl)cc2)c1=O. The van der Waals surface area contributed by atoms with Crippen LogP contribution in [0.25, 0.3) is 0 Å². The van der Waals surface area contributed by atoms with E-state index in [4.69, 9.17) is 11.6 Å². The molecule has 0 aliphatic rings. The number of nitrogens with one attached hydrogen (secondary N) is 2. The van der Waals surface area contributed by atoms with Crippen molar-refractivity contribution in [3.63, 3.8) is 0 Å². The van der Waals surface area contributed by atoms with E-state index in [2.05, 4.69) is 22.8 Å². The summed E-state index contributed by atoms with van der Waals surface area (Å²) >= 11 is 5.84. The zero-order chi connectivity index (χ0) is 16.9. The third-order valence-electron chi connectivity index (χ3n) is 3.81. The van der Waals surface area contributed by atoms with Gasteiger partial charge in [-0.3, -0.25) is 9.59 Å². The van der Waals surface area contributed by atoms with Crippen molar-refractivity contribution in [1.82, 2.24) is 0 Å². The zero-order valence-corrected chi connectivity index (χ0v) is 13.8. The van der Waals surface area contributed by atoms with Crippen molar-refractivity contribution >= 4 is 28.7 Å². The minimum Gasteiger partial charge on any atom is -0.380 e. The van der Waals surface area contributed by atoms with Crippen LogP contribution in [0, 0.1) is 0 Å². The van der Waals surface area contributed by atoms with Gasteiger partial charge in [-0.15, -0.1) is 0 Å². The van der Waals surface area contributed by atoms with Crippen molar-refractivity contribution in [2.75, 3.05) is 17.2 Å². The zero-order valence-electron chi connectivity index (χ0n) is 13.0. The number of hydrogen-bond donors (Lipinski definition) is 2. The van der Waals surface area contributed by atoms with Crippen LogP contribution >= 0.6 is 11.6 Å². The lowest BCUT2D eigenvalue weighted by molar-refractivity contribution is 0.861. The summed E-state index contributed by atoms with van der Waals surface area (Å²) in [5, 5.41) is 6.67. The molecule has 0 heterocycles. The Balaban J connectivity index is 1.58. The first-order valence-electron chi connectivity index (χ1n) is 7.79. The van der Waals surface area contributed by atoms with Crippen LogP contribution in [0.3, 0.4) is 0 Å². The van der Waals surface area contributed by atoms with Gasteiger partial charge in [0, 0.05) is 17.3 Å². The van der Waals surface area contributed by atoms with E-state index in [0.717, 1.165) is 18.5 Å². The highest BCUT2D eigenvalue weighted by Crippen LogP contribution is 2.22. The van der Waals surface area contributed by atoms with Crippen molar-refractivity contribution in [3.8, 4) is 0 Å². The maximum absolute atomic E-state index is 11.8. The molecule has 0 saturated heterocycles. The number of benzene rings is 2. The molecule has 3 aromatic carbocycles. The molecule has 4 nitrogen and oxygen atoms in total. The molecular formula is C19H17ClN2O2. The average Bonchev–Trinajstić information content (AvgIpc) is 2.62. The lowest BCUT2D eigenvalue weighted by atomic mass is 10.1. The first kappa shape index (κ1) is 16.3. The minimum atomic E-state index is -0.490. The highest BCUT2D eigenvalue weighted by Gasteiger charge is 2.20. The van der Waals surface area contributed by atoms with Crippen molar-refractivity contribution in [1.29, 1.82) is 0 Å². The Labute approximate surface area is 144 Å². The number of rotatable bonds is 7. The molecule has 0 unspecified atom stereocenters. The van der Waals surface area contributed by atoms with Crippen LogP contribution in [0.1, 0.15) is 12.0 Å². The van der Waals surface area contributed by atoms with Crippen LogP contribution in [-0.4, -0.2) is 6.54 Å². The van der Waals surface area contributed by atoms with Gasteiger partial charge in [0.05, 0.1) is 0 Å². The van der Waals surface area contributed by atoms with E-state index in [9.17, 15) is 9.59 Å². The van der Waals surface area contributed by atoms with Crippen LogP contribution in [0.15, 0.2) is 64.2 Å². The smallest absolute Gasteiger partial charge is 0.253 e. The Bertz CT molecular complexity index is 882. The molecule has 0 saturated carbocycles. The van der Waals surface area contributed by atoms with Crippen LogP contribution < -0.4 is 21.5 Å². The maximum atomic E-state index is 11.8. The number of aryl methyl sites for hydroxylation is 1. The summed E-state index contributed by atoms with van der Waals surface area (Å²) in [6.07, 6.45) is 1.80. The van der Waals surface area contributed by atoms with E-state index in [1.807, 2.05) is 18.2 Å². The summed E-state index contributed by atoms with van der Waals surface area (Å²) in [4.78, 5) is 23.5.